The van der Waals surface area contributed by atoms with Gasteiger partial charge in [-0.05, 0) is 36.8 Å². The first-order valence-corrected chi connectivity index (χ1v) is 11.0. The van der Waals surface area contributed by atoms with Crippen molar-refractivity contribution in [1.82, 2.24) is 15.1 Å². The minimum absolute atomic E-state index is 0.0412. The molecule has 1 saturated heterocycles. The van der Waals surface area contributed by atoms with Crippen molar-refractivity contribution in [1.29, 1.82) is 0 Å². The lowest BCUT2D eigenvalue weighted by Gasteiger charge is -2.41. The zero-order valence-corrected chi connectivity index (χ0v) is 17.4. The Hall–Kier alpha value is -1.88. The van der Waals surface area contributed by atoms with E-state index in [0.29, 0.717) is 24.9 Å². The highest BCUT2D eigenvalue weighted by atomic mass is 16.2. The second kappa shape index (κ2) is 10.1. The second-order valence-electron chi connectivity index (χ2n) is 8.44. The number of piperazine rings is 1. The zero-order valence-electron chi connectivity index (χ0n) is 17.4. The summed E-state index contributed by atoms with van der Waals surface area (Å²) in [6.07, 6.45) is 5.82. The molecule has 3 rings (SSSR count). The minimum Gasteiger partial charge on any atom is -0.354 e. The predicted octanol–water partition coefficient (Wildman–Crippen LogP) is 3.17. The summed E-state index contributed by atoms with van der Waals surface area (Å²) >= 11 is 0. The first-order valence-electron chi connectivity index (χ1n) is 11.0. The quantitative estimate of drug-likeness (QED) is 0.784. The van der Waals surface area contributed by atoms with Gasteiger partial charge in [-0.15, -0.1) is 0 Å². The van der Waals surface area contributed by atoms with Crippen LogP contribution in [0.4, 0.5) is 0 Å². The van der Waals surface area contributed by atoms with E-state index in [0.717, 1.165) is 44.5 Å². The maximum atomic E-state index is 13.1. The van der Waals surface area contributed by atoms with Gasteiger partial charge in [-0.25, -0.2) is 0 Å². The molecule has 0 radical (unpaired) electrons. The maximum absolute atomic E-state index is 13.1. The zero-order chi connectivity index (χ0) is 19.9. The summed E-state index contributed by atoms with van der Waals surface area (Å²) in [6, 6.07) is 9.44. The van der Waals surface area contributed by atoms with E-state index in [9.17, 15) is 9.59 Å². The molecular formula is C23H35N3O2. The van der Waals surface area contributed by atoms with E-state index in [-0.39, 0.29) is 17.9 Å². The topological polar surface area (TPSA) is 52.7 Å². The Morgan fingerprint density at radius 1 is 1.07 bits per heavy atom. The van der Waals surface area contributed by atoms with Crippen LogP contribution in [0, 0.1) is 11.8 Å². The third-order valence-electron chi connectivity index (χ3n) is 6.45. The van der Waals surface area contributed by atoms with Gasteiger partial charge >= 0.3 is 0 Å². The monoisotopic (exact) mass is 385 g/mol. The standard InChI is InChI=1S/C23H35N3O2/c1-3-18(2)17-24-22(27)21(19-9-7-8-10-19)25-13-15-26(16-14-25)23(28)20-11-5-4-6-12-20/h4-6,11-12,18-19,21H,3,7-10,13-17H2,1-2H3,(H,24,27)/t18-,21-/m0/s1. The van der Waals surface area contributed by atoms with Crippen molar-refractivity contribution in [2.24, 2.45) is 11.8 Å². The van der Waals surface area contributed by atoms with Crippen molar-refractivity contribution in [3.05, 3.63) is 35.9 Å². The average molecular weight is 386 g/mol. The van der Waals surface area contributed by atoms with E-state index >= 15 is 0 Å². The first-order chi connectivity index (χ1) is 13.6. The fourth-order valence-corrected chi connectivity index (χ4v) is 4.44. The molecule has 154 valence electrons. The molecule has 2 atom stereocenters. The number of hydrogen-bond acceptors (Lipinski definition) is 3. The Bertz CT molecular complexity index is 635. The molecular weight excluding hydrogens is 350 g/mol. The molecule has 2 aliphatic rings. The van der Waals surface area contributed by atoms with Crippen molar-refractivity contribution >= 4 is 11.8 Å². The predicted molar refractivity (Wildman–Crippen MR) is 112 cm³/mol. The van der Waals surface area contributed by atoms with Crippen molar-refractivity contribution in [3.8, 4) is 0 Å². The van der Waals surface area contributed by atoms with E-state index in [1.165, 1.54) is 12.8 Å². The number of hydrogen-bond donors (Lipinski definition) is 1. The van der Waals surface area contributed by atoms with E-state index in [4.69, 9.17) is 0 Å². The highest BCUT2D eigenvalue weighted by molar-refractivity contribution is 5.94. The number of rotatable bonds is 7. The van der Waals surface area contributed by atoms with Crippen LogP contribution < -0.4 is 5.32 Å². The highest BCUT2D eigenvalue weighted by Crippen LogP contribution is 2.31. The van der Waals surface area contributed by atoms with Crippen LogP contribution in [0.2, 0.25) is 0 Å². The molecule has 0 spiro atoms. The first kappa shape index (κ1) is 20.8. The fraction of sp³-hybridized carbons (Fsp3) is 0.652. The molecule has 0 bridgehead atoms. The van der Waals surface area contributed by atoms with E-state index in [2.05, 4.69) is 24.1 Å². The summed E-state index contributed by atoms with van der Waals surface area (Å²) in [7, 11) is 0. The lowest BCUT2D eigenvalue weighted by Crippen LogP contribution is -2.58. The summed E-state index contributed by atoms with van der Waals surface area (Å²) in [5.74, 6) is 1.25. The fourth-order valence-electron chi connectivity index (χ4n) is 4.44. The summed E-state index contributed by atoms with van der Waals surface area (Å²) in [5, 5.41) is 3.21. The number of amides is 2. The number of carbonyl (C=O) groups excluding carboxylic acids is 2. The third kappa shape index (κ3) is 5.13. The average Bonchev–Trinajstić information content (AvgIpc) is 3.27. The van der Waals surface area contributed by atoms with Gasteiger partial charge in [0.2, 0.25) is 5.91 Å². The number of nitrogens with zero attached hydrogens (tertiary/aromatic N) is 2. The van der Waals surface area contributed by atoms with Crippen LogP contribution in [0.5, 0.6) is 0 Å². The van der Waals surface area contributed by atoms with Crippen molar-refractivity contribution in [3.63, 3.8) is 0 Å². The molecule has 1 saturated carbocycles. The molecule has 28 heavy (non-hydrogen) atoms. The number of nitrogens with one attached hydrogen (secondary N) is 1. The van der Waals surface area contributed by atoms with E-state index in [1.807, 2.05) is 35.2 Å². The normalized spacial score (nSPS) is 20.7. The van der Waals surface area contributed by atoms with Gasteiger partial charge in [0.05, 0.1) is 6.04 Å². The van der Waals surface area contributed by atoms with Crippen LogP contribution in [0.15, 0.2) is 30.3 Å². The van der Waals surface area contributed by atoms with Crippen LogP contribution in [0.3, 0.4) is 0 Å². The van der Waals surface area contributed by atoms with Gasteiger partial charge in [-0.1, -0.05) is 51.3 Å². The summed E-state index contributed by atoms with van der Waals surface area (Å²) in [6.45, 7) is 8.02. The second-order valence-corrected chi connectivity index (χ2v) is 8.44. The maximum Gasteiger partial charge on any atom is 0.253 e. The van der Waals surface area contributed by atoms with Crippen LogP contribution in [0.1, 0.15) is 56.3 Å². The largest absolute Gasteiger partial charge is 0.354 e. The molecule has 1 heterocycles. The molecule has 0 aromatic heterocycles. The van der Waals surface area contributed by atoms with Crippen LogP contribution in [-0.4, -0.2) is 60.4 Å². The Balaban J connectivity index is 1.60. The molecule has 1 aliphatic carbocycles. The van der Waals surface area contributed by atoms with Crippen molar-refractivity contribution < 1.29 is 9.59 Å². The van der Waals surface area contributed by atoms with Gasteiger partial charge in [0.25, 0.3) is 5.91 Å². The number of carbonyl (C=O) groups is 2. The summed E-state index contributed by atoms with van der Waals surface area (Å²) in [5.41, 5.74) is 0.745. The molecule has 2 amide bonds. The van der Waals surface area contributed by atoms with Gasteiger partial charge in [-0.2, -0.15) is 0 Å². The summed E-state index contributed by atoms with van der Waals surface area (Å²) < 4.78 is 0. The third-order valence-corrected chi connectivity index (χ3v) is 6.45. The summed E-state index contributed by atoms with van der Waals surface area (Å²) in [4.78, 5) is 30.0. The smallest absolute Gasteiger partial charge is 0.253 e. The Morgan fingerprint density at radius 3 is 2.32 bits per heavy atom. The SMILES string of the molecule is CC[C@H](C)CNC(=O)[C@H](C1CCCC1)N1CCN(C(=O)c2ccccc2)CC1. The Morgan fingerprint density at radius 2 is 1.71 bits per heavy atom. The van der Waals surface area contributed by atoms with Crippen molar-refractivity contribution in [2.75, 3.05) is 32.7 Å². The molecule has 1 aromatic rings. The number of benzene rings is 1. The molecule has 0 unspecified atom stereocenters. The molecule has 5 heteroatoms. The van der Waals surface area contributed by atoms with Gasteiger partial charge in [-0.3, -0.25) is 14.5 Å². The lowest BCUT2D eigenvalue weighted by atomic mass is 9.94. The molecule has 1 aromatic carbocycles. The van der Waals surface area contributed by atoms with Crippen LogP contribution >= 0.6 is 0 Å². The van der Waals surface area contributed by atoms with Crippen molar-refractivity contribution in [2.45, 2.75) is 52.0 Å². The Labute approximate surface area is 169 Å². The van der Waals surface area contributed by atoms with Crippen LogP contribution in [0.25, 0.3) is 0 Å². The molecule has 5 nitrogen and oxygen atoms in total. The molecule has 2 fully saturated rings. The van der Waals surface area contributed by atoms with E-state index < -0.39 is 0 Å². The highest BCUT2D eigenvalue weighted by Gasteiger charge is 2.37. The van der Waals surface area contributed by atoms with Crippen LogP contribution in [-0.2, 0) is 4.79 Å². The van der Waals surface area contributed by atoms with Gasteiger partial charge in [0.1, 0.15) is 0 Å². The van der Waals surface area contributed by atoms with Gasteiger partial charge < -0.3 is 10.2 Å². The molecule has 1 N–H and O–H groups in total. The minimum atomic E-state index is -0.0412. The molecule has 1 aliphatic heterocycles. The van der Waals surface area contributed by atoms with Gasteiger partial charge in [0.15, 0.2) is 0 Å². The van der Waals surface area contributed by atoms with E-state index in [1.54, 1.807) is 0 Å². The van der Waals surface area contributed by atoms with Gasteiger partial charge in [0, 0.05) is 38.3 Å². The lowest BCUT2D eigenvalue weighted by molar-refractivity contribution is -0.129. The Kier molecular flexibility index (Phi) is 7.49.